The third kappa shape index (κ3) is 3.64. The summed E-state index contributed by atoms with van der Waals surface area (Å²) in [5.41, 5.74) is 0.689. The van der Waals surface area contributed by atoms with Crippen molar-refractivity contribution >= 4 is 29.0 Å². The van der Waals surface area contributed by atoms with E-state index in [9.17, 15) is 9.59 Å². The third-order valence-corrected chi connectivity index (χ3v) is 3.69. The quantitative estimate of drug-likeness (QED) is 0.515. The van der Waals surface area contributed by atoms with Gasteiger partial charge in [0.15, 0.2) is 11.5 Å². The zero-order valence-electron chi connectivity index (χ0n) is 14.4. The molecule has 6 heteroatoms. The summed E-state index contributed by atoms with van der Waals surface area (Å²) in [7, 11) is 1.50. The monoisotopic (exact) mass is 351 g/mol. The van der Waals surface area contributed by atoms with Gasteiger partial charge in [0.2, 0.25) is 5.89 Å². The molecule has 0 saturated heterocycles. The molecule has 1 heterocycles. The van der Waals surface area contributed by atoms with E-state index in [-0.39, 0.29) is 18.3 Å². The Morgan fingerprint density at radius 1 is 1.15 bits per heavy atom. The number of esters is 1. The van der Waals surface area contributed by atoms with E-state index in [0.717, 1.165) is 0 Å². The second kappa shape index (κ2) is 7.65. The Labute approximate surface area is 149 Å². The van der Waals surface area contributed by atoms with Crippen LogP contribution in [0.5, 0.6) is 11.5 Å². The lowest BCUT2D eigenvalue weighted by atomic mass is 10.1. The Hall–Kier alpha value is -3.41. The second-order valence-electron chi connectivity index (χ2n) is 5.40. The van der Waals surface area contributed by atoms with E-state index in [1.165, 1.54) is 7.11 Å². The Bertz CT molecular complexity index is 1040. The van der Waals surface area contributed by atoms with Crippen molar-refractivity contribution < 1.29 is 18.7 Å². The molecule has 0 fully saturated rings. The number of para-hydroxylation sites is 2. The van der Waals surface area contributed by atoms with Gasteiger partial charge in [0.25, 0.3) is 0 Å². The molecule has 0 aliphatic rings. The van der Waals surface area contributed by atoms with Gasteiger partial charge >= 0.3 is 11.6 Å². The SMILES string of the molecule is CCC(=O)Oc1c(/C=C/c2nc3ccccc3c(=O)o2)cccc1OC. The highest BCUT2D eigenvalue weighted by Gasteiger charge is 2.12. The van der Waals surface area contributed by atoms with Crippen LogP contribution in [0.4, 0.5) is 0 Å². The van der Waals surface area contributed by atoms with Crippen LogP contribution in [0, 0.1) is 0 Å². The number of nitrogens with zero attached hydrogens (tertiary/aromatic N) is 1. The van der Waals surface area contributed by atoms with Crippen LogP contribution in [0.3, 0.4) is 0 Å². The molecule has 0 unspecified atom stereocenters. The minimum Gasteiger partial charge on any atom is -0.493 e. The molecule has 0 N–H and O–H groups in total. The minimum atomic E-state index is -0.460. The molecule has 0 aliphatic heterocycles. The largest absolute Gasteiger partial charge is 0.493 e. The first-order valence-corrected chi connectivity index (χ1v) is 8.08. The van der Waals surface area contributed by atoms with Gasteiger partial charge in [-0.1, -0.05) is 31.2 Å². The van der Waals surface area contributed by atoms with Crippen LogP contribution in [-0.4, -0.2) is 18.1 Å². The molecule has 132 valence electrons. The number of fused-ring (bicyclic) bond motifs is 1. The summed E-state index contributed by atoms with van der Waals surface area (Å²) in [5, 5.41) is 0.420. The van der Waals surface area contributed by atoms with E-state index >= 15 is 0 Å². The van der Waals surface area contributed by atoms with E-state index in [4.69, 9.17) is 13.9 Å². The van der Waals surface area contributed by atoms with E-state index in [1.807, 2.05) is 0 Å². The highest BCUT2D eigenvalue weighted by Crippen LogP contribution is 2.32. The maximum atomic E-state index is 12.0. The van der Waals surface area contributed by atoms with Crippen LogP contribution in [0.15, 0.2) is 51.7 Å². The molecular weight excluding hydrogens is 334 g/mol. The first kappa shape index (κ1) is 17.4. The molecule has 26 heavy (non-hydrogen) atoms. The molecule has 0 radical (unpaired) electrons. The van der Waals surface area contributed by atoms with E-state index < -0.39 is 5.63 Å². The number of rotatable bonds is 5. The van der Waals surface area contributed by atoms with Crippen molar-refractivity contribution in [3.8, 4) is 11.5 Å². The fourth-order valence-electron chi connectivity index (χ4n) is 2.39. The lowest BCUT2D eigenvalue weighted by Gasteiger charge is -2.11. The minimum absolute atomic E-state index is 0.157. The predicted octanol–water partition coefficient (Wildman–Crippen LogP) is 3.68. The van der Waals surface area contributed by atoms with Crippen molar-refractivity contribution in [1.82, 2.24) is 4.98 Å². The molecule has 0 aliphatic carbocycles. The topological polar surface area (TPSA) is 78.6 Å². The number of methoxy groups -OCH3 is 1. The summed E-state index contributed by atoms with van der Waals surface area (Å²) >= 11 is 0. The van der Waals surface area contributed by atoms with Crippen molar-refractivity contribution in [3.63, 3.8) is 0 Å². The van der Waals surface area contributed by atoms with Gasteiger partial charge in [-0.05, 0) is 24.3 Å². The molecule has 0 bridgehead atoms. The van der Waals surface area contributed by atoms with Crippen molar-refractivity contribution in [2.24, 2.45) is 0 Å². The normalized spacial score (nSPS) is 11.0. The standard InChI is InChI=1S/C20H17NO5/c1-3-18(22)26-19-13(7-6-10-16(19)24-2)11-12-17-21-15-9-5-4-8-14(15)20(23)25-17/h4-12H,3H2,1-2H3/b12-11+. The average molecular weight is 351 g/mol. The summed E-state index contributed by atoms with van der Waals surface area (Å²) in [5.74, 6) is 0.520. The van der Waals surface area contributed by atoms with E-state index in [2.05, 4.69) is 4.98 Å². The van der Waals surface area contributed by atoms with E-state index in [0.29, 0.717) is 28.0 Å². The van der Waals surface area contributed by atoms with Crippen LogP contribution in [0.2, 0.25) is 0 Å². The van der Waals surface area contributed by atoms with Gasteiger partial charge in [-0.2, -0.15) is 0 Å². The molecule has 0 atom stereocenters. The van der Waals surface area contributed by atoms with Crippen LogP contribution in [-0.2, 0) is 4.79 Å². The maximum absolute atomic E-state index is 12.0. The fourth-order valence-corrected chi connectivity index (χ4v) is 2.39. The van der Waals surface area contributed by atoms with Crippen molar-refractivity contribution in [1.29, 1.82) is 0 Å². The van der Waals surface area contributed by atoms with E-state index in [1.54, 1.807) is 61.5 Å². The molecular formula is C20H17NO5. The highest BCUT2D eigenvalue weighted by molar-refractivity contribution is 5.80. The zero-order chi connectivity index (χ0) is 18.5. The van der Waals surface area contributed by atoms with Gasteiger partial charge in [-0.15, -0.1) is 0 Å². The van der Waals surface area contributed by atoms with Gasteiger partial charge in [0.05, 0.1) is 18.0 Å². The van der Waals surface area contributed by atoms with Gasteiger partial charge in [-0.3, -0.25) is 4.79 Å². The lowest BCUT2D eigenvalue weighted by Crippen LogP contribution is -2.07. The molecule has 1 aromatic heterocycles. The first-order chi connectivity index (χ1) is 12.6. The molecule has 0 saturated carbocycles. The highest BCUT2D eigenvalue weighted by atomic mass is 16.6. The number of benzene rings is 2. The molecule has 0 amide bonds. The van der Waals surface area contributed by atoms with Crippen LogP contribution in [0.25, 0.3) is 23.1 Å². The number of hydrogen-bond donors (Lipinski definition) is 0. The number of ether oxygens (including phenoxy) is 2. The van der Waals surface area contributed by atoms with Gasteiger partial charge in [-0.25, -0.2) is 9.78 Å². The number of hydrogen-bond acceptors (Lipinski definition) is 6. The van der Waals surface area contributed by atoms with Crippen molar-refractivity contribution in [2.45, 2.75) is 13.3 Å². The molecule has 3 rings (SSSR count). The Morgan fingerprint density at radius 2 is 1.96 bits per heavy atom. The summed E-state index contributed by atoms with van der Waals surface area (Å²) in [6.45, 7) is 1.71. The summed E-state index contributed by atoms with van der Waals surface area (Å²) in [6, 6.07) is 12.2. The zero-order valence-corrected chi connectivity index (χ0v) is 14.4. The fraction of sp³-hybridized carbons (Fsp3) is 0.150. The number of aromatic nitrogens is 1. The molecule has 0 spiro atoms. The number of carbonyl (C=O) groups excluding carboxylic acids is 1. The third-order valence-electron chi connectivity index (χ3n) is 3.69. The smallest absolute Gasteiger partial charge is 0.347 e. The Morgan fingerprint density at radius 3 is 2.73 bits per heavy atom. The predicted molar refractivity (Wildman–Crippen MR) is 98.1 cm³/mol. The van der Waals surface area contributed by atoms with Crippen molar-refractivity contribution in [3.05, 3.63) is 64.3 Å². The Kier molecular flexibility index (Phi) is 5.12. The maximum Gasteiger partial charge on any atom is 0.347 e. The lowest BCUT2D eigenvalue weighted by molar-refractivity contribution is -0.134. The summed E-state index contributed by atoms with van der Waals surface area (Å²) in [6.07, 6.45) is 3.44. The molecule has 2 aromatic carbocycles. The van der Waals surface area contributed by atoms with Gasteiger partial charge in [0, 0.05) is 18.1 Å². The second-order valence-corrected chi connectivity index (χ2v) is 5.40. The molecule has 6 nitrogen and oxygen atoms in total. The van der Waals surface area contributed by atoms with Gasteiger partial charge < -0.3 is 13.9 Å². The summed E-state index contributed by atoms with van der Waals surface area (Å²) < 4.78 is 15.8. The molecule has 3 aromatic rings. The van der Waals surface area contributed by atoms with Crippen LogP contribution < -0.4 is 15.1 Å². The Balaban J connectivity index is 2.00. The number of carbonyl (C=O) groups is 1. The average Bonchev–Trinajstić information content (AvgIpc) is 2.67. The van der Waals surface area contributed by atoms with Crippen LogP contribution in [0.1, 0.15) is 24.8 Å². The van der Waals surface area contributed by atoms with Gasteiger partial charge in [0.1, 0.15) is 0 Å². The first-order valence-electron chi connectivity index (χ1n) is 8.08. The summed E-state index contributed by atoms with van der Waals surface area (Å²) in [4.78, 5) is 28.0. The van der Waals surface area contributed by atoms with Crippen molar-refractivity contribution in [2.75, 3.05) is 7.11 Å². The van der Waals surface area contributed by atoms with Crippen LogP contribution >= 0.6 is 0 Å².